The summed E-state index contributed by atoms with van der Waals surface area (Å²) in [5, 5.41) is 7.69. The smallest absolute Gasteiger partial charge is 0.137 e. The van der Waals surface area contributed by atoms with Gasteiger partial charge >= 0.3 is 0 Å². The van der Waals surface area contributed by atoms with Gasteiger partial charge in [0.25, 0.3) is 0 Å². The van der Waals surface area contributed by atoms with Crippen LogP contribution in [0.3, 0.4) is 0 Å². The number of aryl methyl sites for hydroxylation is 2. The SMILES string of the molecule is CCOc1cncc(C(NC)c2cc(C)nn2C)c1. The number of ether oxygens (including phenoxy) is 1. The van der Waals surface area contributed by atoms with E-state index >= 15 is 0 Å². The van der Waals surface area contributed by atoms with E-state index in [2.05, 4.69) is 21.5 Å². The van der Waals surface area contributed by atoms with Crippen LogP contribution in [0.25, 0.3) is 0 Å². The molecule has 0 bridgehead atoms. The summed E-state index contributed by atoms with van der Waals surface area (Å²) in [6.45, 7) is 4.60. The Hall–Kier alpha value is -1.88. The summed E-state index contributed by atoms with van der Waals surface area (Å²) in [6.07, 6.45) is 3.58. The zero-order valence-electron chi connectivity index (χ0n) is 11.8. The summed E-state index contributed by atoms with van der Waals surface area (Å²) in [5.74, 6) is 0.791. The highest BCUT2D eigenvalue weighted by Gasteiger charge is 2.17. The second-order valence-corrected chi connectivity index (χ2v) is 4.44. The van der Waals surface area contributed by atoms with Crippen molar-refractivity contribution in [2.24, 2.45) is 7.05 Å². The number of hydrogen-bond acceptors (Lipinski definition) is 4. The van der Waals surface area contributed by atoms with Crippen molar-refractivity contribution in [3.8, 4) is 5.75 Å². The third-order valence-electron chi connectivity index (χ3n) is 3.00. The molecule has 5 heteroatoms. The fourth-order valence-electron chi connectivity index (χ4n) is 2.23. The van der Waals surface area contributed by atoms with Crippen molar-refractivity contribution in [2.45, 2.75) is 19.9 Å². The lowest BCUT2D eigenvalue weighted by Crippen LogP contribution is -2.20. The highest BCUT2D eigenvalue weighted by molar-refractivity contribution is 5.32. The van der Waals surface area contributed by atoms with Crippen molar-refractivity contribution < 1.29 is 4.74 Å². The number of nitrogens with one attached hydrogen (secondary N) is 1. The molecule has 0 spiro atoms. The van der Waals surface area contributed by atoms with Crippen LogP contribution in [0.5, 0.6) is 5.75 Å². The maximum absolute atomic E-state index is 5.50. The fourth-order valence-corrected chi connectivity index (χ4v) is 2.23. The third kappa shape index (κ3) is 2.93. The molecule has 0 saturated carbocycles. The number of hydrogen-bond donors (Lipinski definition) is 1. The van der Waals surface area contributed by atoms with E-state index in [1.807, 2.05) is 44.9 Å². The number of aromatic nitrogens is 3. The van der Waals surface area contributed by atoms with Crippen LogP contribution in [-0.2, 0) is 7.05 Å². The minimum atomic E-state index is 0.0547. The van der Waals surface area contributed by atoms with Gasteiger partial charge in [-0.15, -0.1) is 0 Å². The first-order chi connectivity index (χ1) is 9.15. The zero-order chi connectivity index (χ0) is 13.8. The normalized spacial score (nSPS) is 12.4. The molecule has 0 radical (unpaired) electrons. The summed E-state index contributed by atoms with van der Waals surface area (Å²) in [6, 6.07) is 4.15. The highest BCUT2D eigenvalue weighted by Crippen LogP contribution is 2.24. The summed E-state index contributed by atoms with van der Waals surface area (Å²) in [4.78, 5) is 4.24. The van der Waals surface area contributed by atoms with Gasteiger partial charge < -0.3 is 10.1 Å². The Balaban J connectivity index is 2.36. The lowest BCUT2D eigenvalue weighted by molar-refractivity contribution is 0.338. The van der Waals surface area contributed by atoms with Crippen LogP contribution in [-0.4, -0.2) is 28.4 Å². The minimum Gasteiger partial charge on any atom is -0.492 e. The molecule has 0 aliphatic rings. The van der Waals surface area contributed by atoms with Gasteiger partial charge in [-0.05, 0) is 38.6 Å². The van der Waals surface area contributed by atoms with Crippen LogP contribution in [0.4, 0.5) is 0 Å². The molecule has 0 aromatic carbocycles. The zero-order valence-corrected chi connectivity index (χ0v) is 11.8. The molecule has 1 N–H and O–H groups in total. The molecule has 0 aliphatic heterocycles. The van der Waals surface area contributed by atoms with Gasteiger partial charge in [0.1, 0.15) is 5.75 Å². The number of rotatable bonds is 5. The van der Waals surface area contributed by atoms with Crippen molar-refractivity contribution in [3.05, 3.63) is 41.5 Å². The van der Waals surface area contributed by atoms with Crippen LogP contribution in [0, 0.1) is 6.92 Å². The number of pyridine rings is 1. The quantitative estimate of drug-likeness (QED) is 0.891. The van der Waals surface area contributed by atoms with Gasteiger partial charge in [-0.1, -0.05) is 0 Å². The first-order valence-electron chi connectivity index (χ1n) is 6.41. The topological polar surface area (TPSA) is 52.0 Å². The maximum atomic E-state index is 5.50. The van der Waals surface area contributed by atoms with Gasteiger partial charge in [0, 0.05) is 13.2 Å². The second kappa shape index (κ2) is 5.84. The van der Waals surface area contributed by atoms with E-state index in [0.717, 1.165) is 22.7 Å². The molecule has 0 aliphatic carbocycles. The highest BCUT2D eigenvalue weighted by atomic mass is 16.5. The van der Waals surface area contributed by atoms with Gasteiger partial charge in [-0.3, -0.25) is 9.67 Å². The molecule has 1 unspecified atom stereocenters. The molecule has 2 aromatic heterocycles. The molecule has 1 atom stereocenters. The van der Waals surface area contributed by atoms with Gasteiger partial charge in [0.05, 0.1) is 30.2 Å². The minimum absolute atomic E-state index is 0.0547. The predicted octanol–water partition coefficient (Wildman–Crippen LogP) is 1.83. The third-order valence-corrected chi connectivity index (χ3v) is 3.00. The maximum Gasteiger partial charge on any atom is 0.137 e. The molecule has 5 nitrogen and oxygen atoms in total. The van der Waals surface area contributed by atoms with E-state index in [9.17, 15) is 0 Å². The summed E-state index contributed by atoms with van der Waals surface area (Å²) < 4.78 is 7.39. The molecule has 0 saturated heterocycles. The first kappa shape index (κ1) is 13.5. The van der Waals surface area contributed by atoms with Gasteiger partial charge in [0.2, 0.25) is 0 Å². The Morgan fingerprint density at radius 1 is 1.37 bits per heavy atom. The average molecular weight is 260 g/mol. The van der Waals surface area contributed by atoms with Gasteiger partial charge in [0.15, 0.2) is 0 Å². The molecular weight excluding hydrogens is 240 g/mol. The van der Waals surface area contributed by atoms with Crippen molar-refractivity contribution in [1.29, 1.82) is 0 Å². The van der Waals surface area contributed by atoms with E-state index in [1.165, 1.54) is 0 Å². The van der Waals surface area contributed by atoms with Crippen LogP contribution in [0.1, 0.15) is 29.9 Å². The van der Waals surface area contributed by atoms with Gasteiger partial charge in [-0.2, -0.15) is 5.10 Å². The van der Waals surface area contributed by atoms with Crippen LogP contribution >= 0.6 is 0 Å². The monoisotopic (exact) mass is 260 g/mol. The van der Waals surface area contributed by atoms with Crippen LogP contribution in [0.2, 0.25) is 0 Å². The summed E-state index contributed by atoms with van der Waals surface area (Å²) in [7, 11) is 3.88. The molecule has 2 heterocycles. The predicted molar refractivity (Wildman–Crippen MR) is 74.3 cm³/mol. The van der Waals surface area contributed by atoms with Crippen molar-refractivity contribution in [1.82, 2.24) is 20.1 Å². The Labute approximate surface area is 113 Å². The van der Waals surface area contributed by atoms with Crippen LogP contribution < -0.4 is 10.1 Å². The van der Waals surface area contributed by atoms with Gasteiger partial charge in [-0.25, -0.2) is 0 Å². The Bertz CT molecular complexity index is 550. The summed E-state index contributed by atoms with van der Waals surface area (Å²) in [5.41, 5.74) is 3.18. The van der Waals surface area contributed by atoms with E-state index in [1.54, 1.807) is 6.20 Å². The van der Waals surface area contributed by atoms with E-state index in [-0.39, 0.29) is 6.04 Å². The van der Waals surface area contributed by atoms with Crippen molar-refractivity contribution >= 4 is 0 Å². The molecular formula is C14H20N4O. The molecule has 0 amide bonds. The van der Waals surface area contributed by atoms with E-state index in [4.69, 9.17) is 4.74 Å². The van der Waals surface area contributed by atoms with Crippen LogP contribution in [0.15, 0.2) is 24.5 Å². The summed E-state index contributed by atoms with van der Waals surface area (Å²) >= 11 is 0. The standard InChI is InChI=1S/C14H20N4O/c1-5-19-12-7-11(8-16-9-12)14(15-3)13-6-10(2)17-18(13)4/h6-9,14-15H,5H2,1-4H3. The fraction of sp³-hybridized carbons (Fsp3) is 0.429. The number of nitrogens with zero attached hydrogens (tertiary/aromatic N) is 3. The second-order valence-electron chi connectivity index (χ2n) is 4.44. The molecule has 102 valence electrons. The molecule has 0 fully saturated rings. The molecule has 19 heavy (non-hydrogen) atoms. The average Bonchev–Trinajstić information content (AvgIpc) is 2.71. The molecule has 2 rings (SSSR count). The van der Waals surface area contributed by atoms with Crippen molar-refractivity contribution in [2.75, 3.05) is 13.7 Å². The lowest BCUT2D eigenvalue weighted by atomic mass is 10.1. The van der Waals surface area contributed by atoms with E-state index in [0.29, 0.717) is 6.61 Å². The molecule has 2 aromatic rings. The largest absolute Gasteiger partial charge is 0.492 e. The first-order valence-corrected chi connectivity index (χ1v) is 6.41. The Morgan fingerprint density at radius 2 is 2.16 bits per heavy atom. The van der Waals surface area contributed by atoms with E-state index < -0.39 is 0 Å². The Kier molecular flexibility index (Phi) is 4.16. The van der Waals surface area contributed by atoms with Crippen molar-refractivity contribution in [3.63, 3.8) is 0 Å². The lowest BCUT2D eigenvalue weighted by Gasteiger charge is -2.17. The Morgan fingerprint density at radius 3 is 2.74 bits per heavy atom.